The Bertz CT molecular complexity index is 767. The molecule has 0 spiro atoms. The van der Waals surface area contributed by atoms with E-state index in [0.717, 1.165) is 16.8 Å². The third-order valence-corrected chi connectivity index (χ3v) is 4.41. The molecule has 1 aromatic carbocycles. The maximum atomic E-state index is 6.18. The lowest BCUT2D eigenvalue weighted by Gasteiger charge is -2.09. The number of hydrogen-bond acceptors (Lipinski definition) is 3. The summed E-state index contributed by atoms with van der Waals surface area (Å²) >= 11 is 7.88. The highest BCUT2D eigenvalue weighted by atomic mass is 35.5. The lowest BCUT2D eigenvalue weighted by molar-refractivity contribution is 0.835. The maximum Gasteiger partial charge on any atom is 0.0639 e. The number of rotatable bonds is 3. The molecule has 0 saturated carbocycles. The molecule has 102 valence electrons. The Morgan fingerprint density at radius 3 is 2.95 bits per heavy atom. The topological polar surface area (TPSA) is 43.8 Å². The van der Waals surface area contributed by atoms with Gasteiger partial charge in [0.05, 0.1) is 10.5 Å². The molecule has 0 aliphatic heterocycles. The molecule has 0 bridgehead atoms. The number of nitrogens with two attached hydrogens (primary N) is 1. The smallest absolute Gasteiger partial charge is 0.0639 e. The zero-order valence-electron chi connectivity index (χ0n) is 11.0. The second-order valence-corrected chi connectivity index (χ2v) is 5.82. The standard InChI is InChI=1S/C15H14ClN3S/c1-20-15-7-11(17)6-14-12(15)3-5-19(14)9-10-2-4-18-8-13(10)16/h2-8H,9,17H2,1H3. The van der Waals surface area contributed by atoms with Crippen molar-refractivity contribution in [1.82, 2.24) is 9.55 Å². The summed E-state index contributed by atoms with van der Waals surface area (Å²) in [6.45, 7) is 0.710. The number of pyridine rings is 1. The minimum Gasteiger partial charge on any atom is -0.399 e. The average Bonchev–Trinajstić information content (AvgIpc) is 2.83. The molecule has 2 N–H and O–H groups in total. The third-order valence-electron chi connectivity index (χ3n) is 3.29. The van der Waals surface area contributed by atoms with E-state index >= 15 is 0 Å². The van der Waals surface area contributed by atoms with E-state index in [0.29, 0.717) is 11.6 Å². The summed E-state index contributed by atoms with van der Waals surface area (Å²) in [5, 5.41) is 1.90. The molecule has 0 aliphatic carbocycles. The van der Waals surface area contributed by atoms with Gasteiger partial charge in [-0.1, -0.05) is 11.6 Å². The molecule has 2 heterocycles. The van der Waals surface area contributed by atoms with Gasteiger partial charge in [-0.25, -0.2) is 0 Å². The fourth-order valence-corrected chi connectivity index (χ4v) is 3.13. The summed E-state index contributed by atoms with van der Waals surface area (Å²) in [6, 6.07) is 8.08. The zero-order valence-corrected chi connectivity index (χ0v) is 12.6. The number of anilines is 1. The van der Waals surface area contributed by atoms with E-state index in [9.17, 15) is 0 Å². The van der Waals surface area contributed by atoms with Gasteiger partial charge in [-0.05, 0) is 36.1 Å². The van der Waals surface area contributed by atoms with Gasteiger partial charge in [0.1, 0.15) is 0 Å². The van der Waals surface area contributed by atoms with Crippen LogP contribution in [0, 0.1) is 0 Å². The SMILES string of the molecule is CSc1cc(N)cc2c1ccn2Cc1ccncc1Cl. The Balaban J connectivity index is 2.09. The molecule has 0 atom stereocenters. The Labute approximate surface area is 126 Å². The van der Waals surface area contributed by atoms with E-state index in [1.54, 1.807) is 24.2 Å². The second-order valence-electron chi connectivity index (χ2n) is 4.57. The van der Waals surface area contributed by atoms with Crippen molar-refractivity contribution in [3.63, 3.8) is 0 Å². The first-order valence-electron chi connectivity index (χ1n) is 6.20. The number of hydrogen-bond donors (Lipinski definition) is 1. The predicted octanol–water partition coefficient (Wildman–Crippen LogP) is 4.04. The van der Waals surface area contributed by atoms with Crippen molar-refractivity contribution in [3.8, 4) is 0 Å². The van der Waals surface area contributed by atoms with E-state index in [1.807, 2.05) is 18.2 Å². The highest BCUT2D eigenvalue weighted by Gasteiger charge is 2.08. The monoisotopic (exact) mass is 303 g/mol. The van der Waals surface area contributed by atoms with Crippen molar-refractivity contribution >= 4 is 40.0 Å². The highest BCUT2D eigenvalue weighted by Crippen LogP contribution is 2.30. The first kappa shape index (κ1) is 13.3. The van der Waals surface area contributed by atoms with Crippen LogP contribution in [0.25, 0.3) is 10.9 Å². The molecule has 0 aliphatic rings. The number of aromatic nitrogens is 2. The zero-order chi connectivity index (χ0) is 14.1. The minimum absolute atomic E-state index is 0.684. The van der Waals surface area contributed by atoms with Crippen LogP contribution in [0.15, 0.2) is 47.8 Å². The number of nitrogens with zero attached hydrogens (tertiary/aromatic N) is 2. The molecule has 5 heteroatoms. The van der Waals surface area contributed by atoms with E-state index in [4.69, 9.17) is 17.3 Å². The highest BCUT2D eigenvalue weighted by molar-refractivity contribution is 7.98. The van der Waals surface area contributed by atoms with Gasteiger partial charge in [0.2, 0.25) is 0 Å². The molecule has 0 unspecified atom stereocenters. The minimum atomic E-state index is 0.684. The van der Waals surface area contributed by atoms with E-state index < -0.39 is 0 Å². The lowest BCUT2D eigenvalue weighted by Crippen LogP contribution is -1.99. The molecular formula is C15H14ClN3S. The van der Waals surface area contributed by atoms with Gasteiger partial charge >= 0.3 is 0 Å². The largest absolute Gasteiger partial charge is 0.399 e. The summed E-state index contributed by atoms with van der Waals surface area (Å²) in [6.07, 6.45) is 7.56. The molecule has 20 heavy (non-hydrogen) atoms. The molecule has 2 aromatic heterocycles. The van der Waals surface area contributed by atoms with Crippen molar-refractivity contribution in [2.75, 3.05) is 12.0 Å². The predicted molar refractivity (Wildman–Crippen MR) is 86.5 cm³/mol. The number of halogens is 1. The van der Waals surface area contributed by atoms with Gasteiger partial charge in [0.25, 0.3) is 0 Å². The molecule has 3 rings (SSSR count). The fourth-order valence-electron chi connectivity index (χ4n) is 2.31. The van der Waals surface area contributed by atoms with Crippen molar-refractivity contribution < 1.29 is 0 Å². The van der Waals surface area contributed by atoms with Crippen LogP contribution in [0.2, 0.25) is 5.02 Å². The lowest BCUT2D eigenvalue weighted by atomic mass is 10.2. The van der Waals surface area contributed by atoms with Gasteiger partial charge in [-0.2, -0.15) is 0 Å². The Morgan fingerprint density at radius 2 is 2.20 bits per heavy atom. The summed E-state index contributed by atoms with van der Waals surface area (Å²) < 4.78 is 2.16. The Hall–Kier alpha value is -1.65. The van der Waals surface area contributed by atoms with Gasteiger partial charge in [0.15, 0.2) is 0 Å². The fraction of sp³-hybridized carbons (Fsp3) is 0.133. The van der Waals surface area contributed by atoms with Gasteiger partial charge in [-0.15, -0.1) is 11.8 Å². The van der Waals surface area contributed by atoms with Crippen LogP contribution in [0.1, 0.15) is 5.56 Å². The van der Waals surface area contributed by atoms with Gasteiger partial charge in [0, 0.05) is 41.1 Å². The number of fused-ring (bicyclic) bond motifs is 1. The number of nitrogen functional groups attached to an aromatic ring is 1. The molecule has 0 fully saturated rings. The van der Waals surface area contributed by atoms with E-state index in [1.165, 1.54) is 10.3 Å². The van der Waals surface area contributed by atoms with Crippen molar-refractivity contribution in [1.29, 1.82) is 0 Å². The molecule has 3 aromatic rings. The Morgan fingerprint density at radius 1 is 1.35 bits per heavy atom. The van der Waals surface area contributed by atoms with Crippen LogP contribution in [0.5, 0.6) is 0 Å². The Kier molecular flexibility index (Phi) is 3.59. The number of benzene rings is 1. The average molecular weight is 304 g/mol. The van der Waals surface area contributed by atoms with Crippen molar-refractivity contribution in [2.45, 2.75) is 11.4 Å². The van der Waals surface area contributed by atoms with Gasteiger partial charge in [-0.3, -0.25) is 4.98 Å². The molecular weight excluding hydrogens is 290 g/mol. The van der Waals surface area contributed by atoms with E-state index in [2.05, 4.69) is 28.1 Å². The van der Waals surface area contributed by atoms with Crippen LogP contribution in [0.4, 0.5) is 5.69 Å². The van der Waals surface area contributed by atoms with Crippen LogP contribution in [-0.4, -0.2) is 15.8 Å². The van der Waals surface area contributed by atoms with Gasteiger partial charge < -0.3 is 10.3 Å². The summed E-state index contributed by atoms with van der Waals surface area (Å²) in [5.74, 6) is 0. The van der Waals surface area contributed by atoms with Crippen LogP contribution in [0.3, 0.4) is 0 Å². The third kappa shape index (κ3) is 2.37. The normalized spacial score (nSPS) is 11.1. The first-order chi connectivity index (χ1) is 9.69. The quantitative estimate of drug-likeness (QED) is 0.586. The molecule has 3 nitrogen and oxygen atoms in total. The maximum absolute atomic E-state index is 6.18. The van der Waals surface area contributed by atoms with Crippen molar-refractivity contribution in [3.05, 3.63) is 53.4 Å². The van der Waals surface area contributed by atoms with Crippen LogP contribution >= 0.6 is 23.4 Å². The van der Waals surface area contributed by atoms with Crippen LogP contribution < -0.4 is 5.73 Å². The molecule has 0 amide bonds. The summed E-state index contributed by atoms with van der Waals surface area (Å²) in [4.78, 5) is 5.21. The van der Waals surface area contributed by atoms with E-state index in [-0.39, 0.29) is 0 Å². The number of thioether (sulfide) groups is 1. The van der Waals surface area contributed by atoms with Crippen LogP contribution in [-0.2, 0) is 6.54 Å². The first-order valence-corrected chi connectivity index (χ1v) is 7.80. The second kappa shape index (κ2) is 5.38. The van der Waals surface area contributed by atoms with Crippen molar-refractivity contribution in [2.24, 2.45) is 0 Å². The molecule has 0 saturated heterocycles. The molecule has 0 radical (unpaired) electrons. The summed E-state index contributed by atoms with van der Waals surface area (Å²) in [5.41, 5.74) is 8.94. The summed E-state index contributed by atoms with van der Waals surface area (Å²) in [7, 11) is 0.